The van der Waals surface area contributed by atoms with Crippen LogP contribution in [0.15, 0.2) is 59.5 Å². The van der Waals surface area contributed by atoms with E-state index in [1.165, 1.54) is 12.1 Å². The van der Waals surface area contributed by atoms with Crippen molar-refractivity contribution in [3.63, 3.8) is 0 Å². The molecule has 5 heteroatoms. The molecule has 0 amide bonds. The lowest BCUT2D eigenvalue weighted by atomic mass is 10.1. The fourth-order valence-corrected chi connectivity index (χ4v) is 3.20. The van der Waals surface area contributed by atoms with Gasteiger partial charge in [0, 0.05) is 17.2 Å². The summed E-state index contributed by atoms with van der Waals surface area (Å²) in [7, 11) is -3.62. The molecule has 3 rings (SSSR count). The predicted octanol–water partition coefficient (Wildman–Crippen LogP) is 3.08. The van der Waals surface area contributed by atoms with Crippen LogP contribution in [0.4, 0.5) is 5.69 Å². The summed E-state index contributed by atoms with van der Waals surface area (Å²) in [5.74, 6) is 0.210. The molecule has 1 fully saturated rings. The van der Waals surface area contributed by atoms with Crippen molar-refractivity contribution in [3.05, 3.63) is 60.2 Å². The molecule has 1 N–H and O–H groups in total. The Bertz CT molecular complexity index is 765. The lowest BCUT2D eigenvalue weighted by molar-refractivity contribution is 0.0967. The molecule has 0 aliphatic heterocycles. The van der Waals surface area contributed by atoms with Crippen LogP contribution in [-0.4, -0.2) is 14.2 Å². The summed E-state index contributed by atoms with van der Waals surface area (Å²) >= 11 is 0. The number of ketones is 1. The van der Waals surface area contributed by atoms with Crippen LogP contribution in [0.5, 0.6) is 0 Å². The molecule has 1 saturated carbocycles. The fraction of sp³-hybridized carbons (Fsp3) is 0.188. The Kier molecular flexibility index (Phi) is 3.51. The quantitative estimate of drug-likeness (QED) is 0.863. The number of rotatable bonds is 5. The SMILES string of the molecule is O=C(c1cccc(NS(=O)(=O)c2ccccc2)c1)C1CC1. The van der Waals surface area contributed by atoms with E-state index in [0.29, 0.717) is 11.3 Å². The Hall–Kier alpha value is -2.14. The Morgan fingerprint density at radius 1 is 1.00 bits per heavy atom. The van der Waals surface area contributed by atoms with Crippen molar-refractivity contribution in [3.8, 4) is 0 Å². The molecule has 0 spiro atoms. The maximum atomic E-state index is 12.2. The zero-order chi connectivity index (χ0) is 14.9. The standard InChI is InChI=1S/C16H15NO3S/c18-16(12-9-10-12)13-5-4-6-14(11-13)17-21(19,20)15-7-2-1-3-8-15/h1-8,11-12,17H,9-10H2. The average molecular weight is 301 g/mol. The van der Waals surface area contributed by atoms with Gasteiger partial charge in [-0.1, -0.05) is 30.3 Å². The van der Waals surface area contributed by atoms with Crippen molar-refractivity contribution in [2.24, 2.45) is 5.92 Å². The van der Waals surface area contributed by atoms with E-state index in [0.717, 1.165) is 12.8 Å². The number of Topliss-reactive ketones (excluding diaryl/α,β-unsaturated/α-hetero) is 1. The Morgan fingerprint density at radius 2 is 1.71 bits per heavy atom. The van der Waals surface area contributed by atoms with Gasteiger partial charge in [-0.2, -0.15) is 0 Å². The minimum absolute atomic E-state index is 0.0933. The second-order valence-electron chi connectivity index (χ2n) is 5.14. The molecule has 21 heavy (non-hydrogen) atoms. The molecule has 0 unspecified atom stereocenters. The average Bonchev–Trinajstić information content (AvgIpc) is 3.32. The van der Waals surface area contributed by atoms with E-state index < -0.39 is 10.0 Å². The maximum Gasteiger partial charge on any atom is 0.261 e. The molecule has 0 radical (unpaired) electrons. The van der Waals surface area contributed by atoms with E-state index in [4.69, 9.17) is 0 Å². The molecule has 0 bridgehead atoms. The van der Waals surface area contributed by atoms with Gasteiger partial charge in [0.05, 0.1) is 4.90 Å². The van der Waals surface area contributed by atoms with Gasteiger partial charge >= 0.3 is 0 Å². The molecule has 1 aliphatic carbocycles. The molecule has 0 atom stereocenters. The zero-order valence-corrected chi connectivity index (χ0v) is 12.1. The highest BCUT2D eigenvalue weighted by Crippen LogP contribution is 2.33. The van der Waals surface area contributed by atoms with E-state index >= 15 is 0 Å². The highest BCUT2D eigenvalue weighted by molar-refractivity contribution is 7.92. The Morgan fingerprint density at radius 3 is 2.38 bits per heavy atom. The number of anilines is 1. The summed E-state index contributed by atoms with van der Waals surface area (Å²) < 4.78 is 27.0. The van der Waals surface area contributed by atoms with Crippen molar-refractivity contribution in [2.45, 2.75) is 17.7 Å². The van der Waals surface area contributed by atoms with Crippen molar-refractivity contribution in [1.82, 2.24) is 0 Å². The maximum absolute atomic E-state index is 12.2. The van der Waals surface area contributed by atoms with Crippen LogP contribution in [-0.2, 0) is 10.0 Å². The highest BCUT2D eigenvalue weighted by atomic mass is 32.2. The molecule has 2 aromatic carbocycles. The molecule has 0 saturated heterocycles. The number of sulfonamides is 1. The molecule has 0 heterocycles. The van der Waals surface area contributed by atoms with Crippen molar-refractivity contribution >= 4 is 21.5 Å². The van der Waals surface area contributed by atoms with E-state index in [1.54, 1.807) is 42.5 Å². The fourth-order valence-electron chi connectivity index (χ4n) is 2.13. The third-order valence-corrected chi connectivity index (χ3v) is 4.80. The second kappa shape index (κ2) is 5.33. The molecule has 4 nitrogen and oxygen atoms in total. The Balaban J connectivity index is 1.85. The van der Waals surface area contributed by atoms with Gasteiger partial charge in [-0.3, -0.25) is 9.52 Å². The minimum Gasteiger partial charge on any atom is -0.294 e. The van der Waals surface area contributed by atoms with Gasteiger partial charge in [0.25, 0.3) is 10.0 Å². The van der Waals surface area contributed by atoms with Gasteiger partial charge in [0.2, 0.25) is 0 Å². The van der Waals surface area contributed by atoms with E-state index in [1.807, 2.05) is 0 Å². The molecule has 2 aromatic rings. The normalized spacial score (nSPS) is 14.7. The second-order valence-corrected chi connectivity index (χ2v) is 6.82. The molecule has 108 valence electrons. The van der Waals surface area contributed by atoms with Gasteiger partial charge in [0.15, 0.2) is 5.78 Å². The summed E-state index contributed by atoms with van der Waals surface area (Å²) in [6, 6.07) is 14.8. The highest BCUT2D eigenvalue weighted by Gasteiger charge is 2.30. The van der Waals surface area contributed by atoms with Crippen LogP contribution in [0.1, 0.15) is 23.2 Å². The summed E-state index contributed by atoms with van der Waals surface area (Å²) in [5.41, 5.74) is 0.969. The lowest BCUT2D eigenvalue weighted by Crippen LogP contribution is -2.13. The third kappa shape index (κ3) is 3.13. The topological polar surface area (TPSA) is 63.2 Å². The smallest absolute Gasteiger partial charge is 0.261 e. The molecule has 1 aliphatic rings. The first-order chi connectivity index (χ1) is 10.1. The van der Waals surface area contributed by atoms with E-state index in [-0.39, 0.29) is 16.6 Å². The van der Waals surface area contributed by atoms with Crippen LogP contribution in [0.25, 0.3) is 0 Å². The lowest BCUT2D eigenvalue weighted by Gasteiger charge is -2.09. The van der Waals surface area contributed by atoms with Crippen LogP contribution in [0.3, 0.4) is 0 Å². The summed E-state index contributed by atoms with van der Waals surface area (Å²) in [5, 5.41) is 0. The molecular formula is C16H15NO3S. The number of benzene rings is 2. The number of nitrogens with one attached hydrogen (secondary N) is 1. The first kappa shape index (κ1) is 13.8. The van der Waals surface area contributed by atoms with Gasteiger partial charge in [-0.05, 0) is 37.1 Å². The minimum atomic E-state index is -3.62. The number of hydrogen-bond acceptors (Lipinski definition) is 3. The first-order valence-electron chi connectivity index (χ1n) is 6.78. The van der Waals surface area contributed by atoms with Crippen LogP contribution < -0.4 is 4.72 Å². The summed E-state index contributed by atoms with van der Waals surface area (Å²) in [4.78, 5) is 12.2. The summed E-state index contributed by atoms with van der Waals surface area (Å²) in [6.07, 6.45) is 1.86. The van der Waals surface area contributed by atoms with Gasteiger partial charge in [-0.15, -0.1) is 0 Å². The van der Waals surface area contributed by atoms with Gasteiger partial charge in [-0.25, -0.2) is 8.42 Å². The monoisotopic (exact) mass is 301 g/mol. The molecular weight excluding hydrogens is 286 g/mol. The molecule has 0 aromatic heterocycles. The zero-order valence-electron chi connectivity index (χ0n) is 11.3. The number of carbonyl (C=O) groups excluding carboxylic acids is 1. The largest absolute Gasteiger partial charge is 0.294 e. The third-order valence-electron chi connectivity index (χ3n) is 3.40. The van der Waals surface area contributed by atoms with E-state index in [2.05, 4.69) is 4.72 Å². The Labute approximate surface area is 123 Å². The van der Waals surface area contributed by atoms with Gasteiger partial charge in [0.1, 0.15) is 0 Å². The van der Waals surface area contributed by atoms with Crippen molar-refractivity contribution in [1.29, 1.82) is 0 Å². The van der Waals surface area contributed by atoms with Crippen molar-refractivity contribution < 1.29 is 13.2 Å². The van der Waals surface area contributed by atoms with Gasteiger partial charge < -0.3 is 0 Å². The van der Waals surface area contributed by atoms with Crippen LogP contribution in [0.2, 0.25) is 0 Å². The number of hydrogen-bond donors (Lipinski definition) is 1. The first-order valence-corrected chi connectivity index (χ1v) is 8.27. The van der Waals surface area contributed by atoms with Crippen LogP contribution >= 0.6 is 0 Å². The van der Waals surface area contributed by atoms with Crippen LogP contribution in [0, 0.1) is 5.92 Å². The predicted molar refractivity (Wildman–Crippen MR) is 80.7 cm³/mol. The summed E-state index contributed by atoms with van der Waals surface area (Å²) in [6.45, 7) is 0. The van der Waals surface area contributed by atoms with E-state index in [9.17, 15) is 13.2 Å². The number of carbonyl (C=O) groups is 1. The van der Waals surface area contributed by atoms with Crippen molar-refractivity contribution in [2.75, 3.05) is 4.72 Å².